The Hall–Kier alpha value is -0.400. The molecule has 1 saturated carbocycles. The van der Waals surface area contributed by atoms with Gasteiger partial charge in [0.2, 0.25) is 0 Å². The maximum atomic E-state index is 12.1. The molecule has 0 heterocycles. The first-order valence-electron chi connectivity index (χ1n) is 7.25. The number of allylic oxidation sites excluding steroid dienone is 1. The van der Waals surface area contributed by atoms with Gasteiger partial charge >= 0.3 is 0 Å². The number of hydrogen-bond acceptors (Lipinski definition) is 0. The van der Waals surface area contributed by atoms with Crippen molar-refractivity contribution in [1.82, 2.24) is 0 Å². The van der Waals surface area contributed by atoms with Crippen LogP contribution >= 0.6 is 0 Å². The van der Waals surface area contributed by atoms with Crippen LogP contribution in [0, 0.1) is 11.8 Å². The summed E-state index contributed by atoms with van der Waals surface area (Å²) in [5, 5.41) is 0. The second-order valence-corrected chi connectivity index (χ2v) is 5.44. The molecule has 0 radical (unpaired) electrons. The van der Waals surface area contributed by atoms with Crippen molar-refractivity contribution in [2.45, 2.75) is 71.1 Å². The Morgan fingerprint density at radius 1 is 1.00 bits per heavy atom. The quantitative estimate of drug-likeness (QED) is 0.487. The van der Waals surface area contributed by atoms with Crippen LogP contribution in [0.3, 0.4) is 0 Å². The summed E-state index contributed by atoms with van der Waals surface area (Å²) in [5.74, 6) is 0.959. The highest BCUT2D eigenvalue weighted by atomic mass is 19.3. The average Bonchev–Trinajstić information content (AvgIpc) is 2.30. The molecular weight excluding hydrogens is 218 g/mol. The first kappa shape index (κ1) is 14.7. The molecule has 1 aliphatic carbocycles. The molecule has 0 atom stereocenters. The fourth-order valence-corrected chi connectivity index (χ4v) is 2.86. The van der Waals surface area contributed by atoms with Gasteiger partial charge in [0.15, 0.2) is 0 Å². The van der Waals surface area contributed by atoms with Gasteiger partial charge < -0.3 is 0 Å². The first-order valence-corrected chi connectivity index (χ1v) is 7.25. The molecule has 1 fully saturated rings. The number of rotatable bonds is 7. The van der Waals surface area contributed by atoms with Crippen LogP contribution in [-0.2, 0) is 0 Å². The van der Waals surface area contributed by atoms with Crippen LogP contribution in [0.4, 0.5) is 8.78 Å². The van der Waals surface area contributed by atoms with E-state index in [1.54, 1.807) is 0 Å². The second kappa shape index (κ2) is 8.66. The second-order valence-electron chi connectivity index (χ2n) is 5.44. The minimum atomic E-state index is -1.49. The molecular formula is C15H26F2. The Bertz CT molecular complexity index is 211. The van der Waals surface area contributed by atoms with Crippen LogP contribution in [-0.4, -0.2) is 0 Å². The molecule has 0 spiro atoms. The summed E-state index contributed by atoms with van der Waals surface area (Å²) in [4.78, 5) is 0. The maximum Gasteiger partial charge on any atom is 0.266 e. The number of halogens is 2. The third-order valence-corrected chi connectivity index (χ3v) is 3.97. The summed E-state index contributed by atoms with van der Waals surface area (Å²) in [6.07, 6.45) is 11.9. The normalized spacial score (nSPS) is 24.6. The average molecular weight is 244 g/mol. The zero-order chi connectivity index (χ0) is 12.5. The molecule has 0 N–H and O–H groups in total. The minimum Gasteiger partial charge on any atom is -0.174 e. The van der Waals surface area contributed by atoms with Crippen molar-refractivity contribution in [2.75, 3.05) is 0 Å². The molecule has 0 unspecified atom stereocenters. The fraction of sp³-hybridized carbons (Fsp3) is 0.867. The minimum absolute atomic E-state index is 0.149. The van der Waals surface area contributed by atoms with Crippen LogP contribution in [0.5, 0.6) is 0 Å². The molecule has 0 aromatic rings. The summed E-state index contributed by atoms with van der Waals surface area (Å²) in [6.45, 7) is 2.23. The lowest BCUT2D eigenvalue weighted by Crippen LogP contribution is -2.13. The lowest BCUT2D eigenvalue weighted by Gasteiger charge is -2.26. The van der Waals surface area contributed by atoms with Crippen LogP contribution in [0.2, 0.25) is 0 Å². The highest BCUT2D eigenvalue weighted by molar-refractivity contribution is 4.90. The van der Waals surface area contributed by atoms with Gasteiger partial charge in [-0.05, 0) is 43.6 Å². The summed E-state index contributed by atoms with van der Waals surface area (Å²) in [6, 6.07) is 0. The van der Waals surface area contributed by atoms with E-state index >= 15 is 0 Å². The fourth-order valence-electron chi connectivity index (χ4n) is 2.86. The lowest BCUT2D eigenvalue weighted by atomic mass is 9.80. The number of unbranched alkanes of at least 4 members (excludes halogenated alkanes) is 4. The highest BCUT2D eigenvalue weighted by Gasteiger charge is 2.19. The van der Waals surface area contributed by atoms with Gasteiger partial charge in [0.1, 0.15) is 0 Å². The maximum absolute atomic E-state index is 12.1. The molecule has 0 saturated heterocycles. The van der Waals surface area contributed by atoms with Crippen LogP contribution in [0.25, 0.3) is 0 Å². The zero-order valence-electron chi connectivity index (χ0n) is 11.1. The van der Waals surface area contributed by atoms with Gasteiger partial charge in [0.05, 0.1) is 0 Å². The predicted octanol–water partition coefficient (Wildman–Crippen LogP) is 5.93. The van der Waals surface area contributed by atoms with Crippen molar-refractivity contribution in [3.05, 3.63) is 12.2 Å². The Labute approximate surface area is 104 Å². The van der Waals surface area contributed by atoms with Crippen LogP contribution < -0.4 is 0 Å². The Morgan fingerprint density at radius 3 is 2.24 bits per heavy atom. The molecule has 0 aromatic heterocycles. The Balaban J connectivity index is 2.05. The predicted molar refractivity (Wildman–Crippen MR) is 69.1 cm³/mol. The van der Waals surface area contributed by atoms with Crippen molar-refractivity contribution in [3.63, 3.8) is 0 Å². The van der Waals surface area contributed by atoms with E-state index in [0.717, 1.165) is 37.7 Å². The van der Waals surface area contributed by atoms with E-state index in [2.05, 4.69) is 6.92 Å². The van der Waals surface area contributed by atoms with E-state index in [0.29, 0.717) is 0 Å². The molecule has 17 heavy (non-hydrogen) atoms. The van der Waals surface area contributed by atoms with Gasteiger partial charge in [0.25, 0.3) is 6.08 Å². The molecule has 1 rings (SSSR count). The van der Waals surface area contributed by atoms with E-state index in [-0.39, 0.29) is 5.92 Å². The molecule has 0 aliphatic heterocycles. The van der Waals surface area contributed by atoms with Gasteiger partial charge in [-0.2, -0.15) is 8.78 Å². The standard InChI is InChI=1S/C15H26F2/c1-2-3-4-5-6-7-13-8-10-14(11-9-13)12-15(16)17/h12-14H,2-11H2,1H3. The van der Waals surface area contributed by atoms with E-state index in [9.17, 15) is 8.78 Å². The molecule has 1 aliphatic rings. The summed E-state index contributed by atoms with van der Waals surface area (Å²) < 4.78 is 24.2. The smallest absolute Gasteiger partial charge is 0.174 e. The highest BCUT2D eigenvalue weighted by Crippen LogP contribution is 2.33. The zero-order valence-corrected chi connectivity index (χ0v) is 11.1. The van der Waals surface area contributed by atoms with E-state index < -0.39 is 6.08 Å². The molecule has 0 bridgehead atoms. The van der Waals surface area contributed by atoms with Gasteiger partial charge in [-0.3, -0.25) is 0 Å². The summed E-state index contributed by atoms with van der Waals surface area (Å²) >= 11 is 0. The van der Waals surface area contributed by atoms with Crippen molar-refractivity contribution in [1.29, 1.82) is 0 Å². The van der Waals surface area contributed by atoms with Crippen molar-refractivity contribution >= 4 is 0 Å². The van der Waals surface area contributed by atoms with Crippen molar-refractivity contribution < 1.29 is 8.78 Å². The SMILES string of the molecule is CCCCCCCC1CCC(C=C(F)F)CC1. The Morgan fingerprint density at radius 2 is 1.65 bits per heavy atom. The van der Waals surface area contributed by atoms with Crippen LogP contribution in [0.15, 0.2) is 12.2 Å². The summed E-state index contributed by atoms with van der Waals surface area (Å²) in [5.41, 5.74) is 0. The molecule has 0 aromatic carbocycles. The van der Waals surface area contributed by atoms with E-state index in [4.69, 9.17) is 0 Å². The molecule has 0 nitrogen and oxygen atoms in total. The lowest BCUT2D eigenvalue weighted by molar-refractivity contribution is 0.281. The van der Waals surface area contributed by atoms with Crippen molar-refractivity contribution in [2.24, 2.45) is 11.8 Å². The van der Waals surface area contributed by atoms with Crippen LogP contribution in [0.1, 0.15) is 71.1 Å². The third-order valence-electron chi connectivity index (χ3n) is 3.97. The van der Waals surface area contributed by atoms with E-state index in [1.807, 2.05) is 0 Å². The first-order chi connectivity index (χ1) is 8.22. The third kappa shape index (κ3) is 6.80. The molecule has 100 valence electrons. The van der Waals surface area contributed by atoms with Gasteiger partial charge in [-0.25, -0.2) is 0 Å². The molecule has 2 heteroatoms. The number of hydrogen-bond donors (Lipinski definition) is 0. The Kier molecular flexibility index (Phi) is 7.46. The summed E-state index contributed by atoms with van der Waals surface area (Å²) in [7, 11) is 0. The van der Waals surface area contributed by atoms with Gasteiger partial charge in [-0.15, -0.1) is 0 Å². The molecule has 0 amide bonds. The largest absolute Gasteiger partial charge is 0.266 e. The van der Waals surface area contributed by atoms with E-state index in [1.165, 1.54) is 38.5 Å². The monoisotopic (exact) mass is 244 g/mol. The van der Waals surface area contributed by atoms with Gasteiger partial charge in [0, 0.05) is 0 Å². The topological polar surface area (TPSA) is 0 Å². The van der Waals surface area contributed by atoms with Gasteiger partial charge in [-0.1, -0.05) is 45.4 Å². The van der Waals surface area contributed by atoms with Crippen molar-refractivity contribution in [3.8, 4) is 0 Å².